The minimum Gasteiger partial charge on any atom is -0.459 e. The van der Waals surface area contributed by atoms with Crippen LogP contribution < -0.4 is 10.6 Å². The van der Waals surface area contributed by atoms with Gasteiger partial charge in [0.2, 0.25) is 0 Å². The van der Waals surface area contributed by atoms with Crippen molar-refractivity contribution in [1.82, 2.24) is 15.1 Å². The van der Waals surface area contributed by atoms with E-state index in [1.54, 1.807) is 25.2 Å². The maximum atomic E-state index is 12.9. The normalized spacial score (nSPS) is 10.5. The molecular formula is C17H15FN4O3. The van der Waals surface area contributed by atoms with Crippen molar-refractivity contribution < 1.29 is 18.4 Å². The largest absolute Gasteiger partial charge is 0.459 e. The van der Waals surface area contributed by atoms with Gasteiger partial charge >= 0.3 is 0 Å². The lowest BCUT2D eigenvalue weighted by atomic mass is 10.2. The highest BCUT2D eigenvalue weighted by molar-refractivity contribution is 6.02. The minimum atomic E-state index is -0.439. The minimum absolute atomic E-state index is 0.152. The summed E-state index contributed by atoms with van der Waals surface area (Å²) >= 11 is 0. The molecule has 0 aliphatic rings. The number of halogens is 1. The summed E-state index contributed by atoms with van der Waals surface area (Å²) in [4.78, 5) is 24.1. The first kappa shape index (κ1) is 16.4. The summed E-state index contributed by atoms with van der Waals surface area (Å²) in [5, 5.41) is 9.37. The summed E-state index contributed by atoms with van der Waals surface area (Å²) in [6, 6.07) is 10.4. The number of aryl methyl sites for hydroxylation is 1. The molecule has 1 aromatic carbocycles. The molecule has 0 aliphatic carbocycles. The quantitative estimate of drug-likeness (QED) is 0.745. The van der Waals surface area contributed by atoms with Gasteiger partial charge < -0.3 is 15.1 Å². The fraction of sp³-hybridized carbons (Fsp3) is 0.118. The Balaban J connectivity index is 1.63. The van der Waals surface area contributed by atoms with Crippen LogP contribution in [0.4, 0.5) is 10.2 Å². The van der Waals surface area contributed by atoms with Gasteiger partial charge in [-0.3, -0.25) is 14.3 Å². The second-order valence-corrected chi connectivity index (χ2v) is 5.28. The summed E-state index contributed by atoms with van der Waals surface area (Å²) in [6.45, 7) is 0.240. The van der Waals surface area contributed by atoms with E-state index in [9.17, 15) is 14.0 Å². The molecule has 2 amide bonds. The number of nitrogens with one attached hydrogen (secondary N) is 2. The first-order valence-corrected chi connectivity index (χ1v) is 7.44. The van der Waals surface area contributed by atoms with E-state index in [0.29, 0.717) is 5.82 Å². The van der Waals surface area contributed by atoms with Crippen molar-refractivity contribution in [3.8, 4) is 0 Å². The zero-order valence-electron chi connectivity index (χ0n) is 13.3. The van der Waals surface area contributed by atoms with E-state index in [-0.39, 0.29) is 23.8 Å². The second-order valence-electron chi connectivity index (χ2n) is 5.28. The third-order valence-corrected chi connectivity index (χ3v) is 3.47. The van der Waals surface area contributed by atoms with E-state index >= 15 is 0 Å². The molecule has 8 heteroatoms. The van der Waals surface area contributed by atoms with Gasteiger partial charge in [-0.15, -0.1) is 0 Å². The average Bonchev–Trinajstić information content (AvgIpc) is 3.25. The number of furan rings is 1. The van der Waals surface area contributed by atoms with Crippen LogP contribution in [0.1, 0.15) is 26.6 Å². The fourth-order valence-corrected chi connectivity index (χ4v) is 2.16. The Morgan fingerprint density at radius 3 is 2.64 bits per heavy atom. The maximum Gasteiger partial charge on any atom is 0.292 e. The lowest BCUT2D eigenvalue weighted by molar-refractivity contribution is 0.0944. The predicted molar refractivity (Wildman–Crippen MR) is 87.4 cm³/mol. The number of hydrogen-bond donors (Lipinski definition) is 2. The van der Waals surface area contributed by atoms with E-state index in [4.69, 9.17) is 4.42 Å². The zero-order chi connectivity index (χ0) is 17.8. The molecule has 0 fully saturated rings. The van der Waals surface area contributed by atoms with Gasteiger partial charge in [0.15, 0.2) is 11.5 Å². The third kappa shape index (κ3) is 3.92. The molecular weight excluding hydrogens is 327 g/mol. The van der Waals surface area contributed by atoms with E-state index in [2.05, 4.69) is 15.7 Å². The standard InChI is InChI=1S/C17H15FN4O3/c1-22-15(20-17(24)14-3-2-8-25-14)9-13(21-22)16(23)19-10-11-4-6-12(18)7-5-11/h2-9H,10H2,1H3,(H,19,23)(H,20,24). The molecule has 0 spiro atoms. The summed E-state index contributed by atoms with van der Waals surface area (Å²) in [7, 11) is 1.61. The Hall–Kier alpha value is -3.42. The monoisotopic (exact) mass is 342 g/mol. The van der Waals surface area contributed by atoms with Crippen LogP contribution in [0.15, 0.2) is 53.1 Å². The molecule has 0 aliphatic heterocycles. The molecule has 25 heavy (non-hydrogen) atoms. The highest BCUT2D eigenvalue weighted by Gasteiger charge is 2.16. The van der Waals surface area contributed by atoms with Crippen molar-refractivity contribution in [2.75, 3.05) is 5.32 Å². The Morgan fingerprint density at radius 1 is 1.20 bits per heavy atom. The molecule has 2 N–H and O–H groups in total. The number of nitrogens with zero attached hydrogens (tertiary/aromatic N) is 2. The van der Waals surface area contributed by atoms with Crippen LogP contribution in [-0.4, -0.2) is 21.6 Å². The summed E-state index contributed by atoms with van der Waals surface area (Å²) in [5.41, 5.74) is 0.913. The number of aromatic nitrogens is 2. The van der Waals surface area contributed by atoms with Crippen molar-refractivity contribution in [3.05, 3.63) is 71.6 Å². The second kappa shape index (κ2) is 7.00. The van der Waals surface area contributed by atoms with Crippen molar-refractivity contribution in [1.29, 1.82) is 0 Å². The summed E-state index contributed by atoms with van der Waals surface area (Å²) in [5.74, 6) is -0.668. The van der Waals surface area contributed by atoms with E-state index in [1.807, 2.05) is 0 Å². The van der Waals surface area contributed by atoms with Gasteiger partial charge in [-0.05, 0) is 29.8 Å². The van der Waals surface area contributed by atoms with Gasteiger partial charge in [0.05, 0.1) is 6.26 Å². The SMILES string of the molecule is Cn1nc(C(=O)NCc2ccc(F)cc2)cc1NC(=O)c1ccco1. The first-order chi connectivity index (χ1) is 12.0. The van der Waals surface area contributed by atoms with Gasteiger partial charge in [-0.2, -0.15) is 5.10 Å². The lowest BCUT2D eigenvalue weighted by Crippen LogP contribution is -2.23. The van der Waals surface area contributed by atoms with Crippen molar-refractivity contribution in [3.63, 3.8) is 0 Å². The fourth-order valence-electron chi connectivity index (χ4n) is 2.16. The molecule has 2 aromatic heterocycles. The van der Waals surface area contributed by atoms with Gasteiger partial charge in [-0.25, -0.2) is 4.39 Å². The van der Waals surface area contributed by atoms with Gasteiger partial charge in [0.25, 0.3) is 11.8 Å². The zero-order valence-corrected chi connectivity index (χ0v) is 13.3. The van der Waals surface area contributed by atoms with Gasteiger partial charge in [-0.1, -0.05) is 12.1 Å². The molecule has 0 unspecified atom stereocenters. The molecule has 0 bridgehead atoms. The molecule has 2 heterocycles. The number of carbonyl (C=O) groups excluding carboxylic acids is 2. The summed E-state index contributed by atoms with van der Waals surface area (Å²) in [6.07, 6.45) is 1.40. The average molecular weight is 342 g/mol. The molecule has 128 valence electrons. The molecule has 0 saturated carbocycles. The van der Waals surface area contributed by atoms with E-state index in [0.717, 1.165) is 5.56 Å². The number of carbonyl (C=O) groups is 2. The van der Waals surface area contributed by atoms with Crippen LogP contribution in [0.25, 0.3) is 0 Å². The molecule has 7 nitrogen and oxygen atoms in total. The molecule has 0 atom stereocenters. The number of amides is 2. The van der Waals surface area contributed by atoms with E-state index in [1.165, 1.54) is 35.2 Å². The van der Waals surface area contributed by atoms with Crippen LogP contribution >= 0.6 is 0 Å². The van der Waals surface area contributed by atoms with Gasteiger partial charge in [0, 0.05) is 19.7 Å². The smallest absolute Gasteiger partial charge is 0.292 e. The van der Waals surface area contributed by atoms with Crippen LogP contribution in [-0.2, 0) is 13.6 Å². The van der Waals surface area contributed by atoms with Crippen LogP contribution in [0, 0.1) is 5.82 Å². The predicted octanol–water partition coefficient (Wildman–Crippen LogP) is 2.33. The maximum absolute atomic E-state index is 12.9. The van der Waals surface area contributed by atoms with Crippen molar-refractivity contribution in [2.24, 2.45) is 7.05 Å². The van der Waals surface area contributed by atoms with Crippen molar-refractivity contribution in [2.45, 2.75) is 6.54 Å². The Kier molecular flexibility index (Phi) is 4.60. The number of rotatable bonds is 5. The van der Waals surface area contributed by atoms with Crippen molar-refractivity contribution >= 4 is 17.6 Å². The Bertz CT molecular complexity index is 885. The van der Waals surface area contributed by atoms with Gasteiger partial charge in [0.1, 0.15) is 11.6 Å². The molecule has 3 aromatic rings. The molecule has 3 rings (SSSR count). The highest BCUT2D eigenvalue weighted by Crippen LogP contribution is 2.12. The molecule has 0 radical (unpaired) electrons. The number of anilines is 1. The first-order valence-electron chi connectivity index (χ1n) is 7.44. The lowest BCUT2D eigenvalue weighted by Gasteiger charge is -2.03. The highest BCUT2D eigenvalue weighted by atomic mass is 19.1. The topological polar surface area (TPSA) is 89.2 Å². The van der Waals surface area contributed by atoms with Crippen LogP contribution in [0.3, 0.4) is 0 Å². The van der Waals surface area contributed by atoms with E-state index < -0.39 is 11.8 Å². The van der Waals surface area contributed by atoms with Crippen LogP contribution in [0.2, 0.25) is 0 Å². The van der Waals surface area contributed by atoms with Crippen LogP contribution in [0.5, 0.6) is 0 Å². The number of hydrogen-bond acceptors (Lipinski definition) is 4. The Morgan fingerprint density at radius 2 is 1.96 bits per heavy atom. The Labute approximate surface area is 142 Å². The molecule has 0 saturated heterocycles. The third-order valence-electron chi connectivity index (χ3n) is 3.47. The number of benzene rings is 1. The summed E-state index contributed by atoms with van der Waals surface area (Å²) < 4.78 is 19.3.